The summed E-state index contributed by atoms with van der Waals surface area (Å²) >= 11 is 0. The summed E-state index contributed by atoms with van der Waals surface area (Å²) in [4.78, 5) is 43.6. The maximum absolute atomic E-state index is 13.7. The Labute approximate surface area is 289 Å². The Balaban J connectivity index is 1.16. The number of carbonyl (C=O) groups is 1. The van der Waals surface area contributed by atoms with Gasteiger partial charge in [-0.2, -0.15) is 4.98 Å². The molecule has 1 amide bonds. The molecule has 1 saturated carbocycles. The molecule has 4 aromatic heterocycles. The molecule has 1 unspecified atom stereocenters. The number of hydrogen-bond acceptors (Lipinski definition) is 10. The molecule has 5 heterocycles. The second-order valence-corrected chi connectivity index (χ2v) is 14.8. The zero-order chi connectivity index (χ0) is 34.5. The van der Waals surface area contributed by atoms with Crippen molar-refractivity contribution in [3.8, 4) is 17.1 Å². The smallest absolute Gasteiger partial charge is 0.316 e. The van der Waals surface area contributed by atoms with E-state index in [1.54, 1.807) is 19.5 Å². The third-order valence-electron chi connectivity index (χ3n) is 9.69. The number of carbonyl (C=O) groups excluding carboxylic acids is 1. The van der Waals surface area contributed by atoms with Crippen LogP contribution in [0.4, 0.5) is 11.8 Å². The molecule has 0 bridgehead atoms. The van der Waals surface area contributed by atoms with E-state index in [9.17, 15) is 4.79 Å². The molecule has 4 aromatic rings. The molecule has 11 heteroatoms. The Morgan fingerprint density at radius 2 is 1.69 bits per heavy atom. The topological polar surface area (TPSA) is 131 Å². The van der Waals surface area contributed by atoms with E-state index in [-0.39, 0.29) is 29.2 Å². The van der Waals surface area contributed by atoms with Crippen LogP contribution in [0.2, 0.25) is 0 Å². The van der Waals surface area contributed by atoms with E-state index in [0.29, 0.717) is 24.4 Å². The van der Waals surface area contributed by atoms with E-state index in [0.717, 1.165) is 73.4 Å². The average molecular weight is 664 g/mol. The Morgan fingerprint density at radius 3 is 2.37 bits per heavy atom. The van der Waals surface area contributed by atoms with Crippen molar-refractivity contribution in [2.45, 2.75) is 90.6 Å². The molecule has 1 aliphatic heterocycles. The van der Waals surface area contributed by atoms with Gasteiger partial charge in [-0.05, 0) is 72.6 Å². The van der Waals surface area contributed by atoms with Crippen LogP contribution in [0.25, 0.3) is 11.1 Å². The van der Waals surface area contributed by atoms with Gasteiger partial charge in [-0.3, -0.25) is 14.8 Å². The molecule has 0 aromatic carbocycles. The van der Waals surface area contributed by atoms with Crippen LogP contribution in [-0.2, 0) is 23.2 Å². The summed E-state index contributed by atoms with van der Waals surface area (Å²) in [6, 6.07) is 6.64. The molecule has 11 nitrogen and oxygen atoms in total. The van der Waals surface area contributed by atoms with Crippen LogP contribution in [0, 0.1) is 11.8 Å². The predicted molar refractivity (Wildman–Crippen MR) is 191 cm³/mol. The van der Waals surface area contributed by atoms with Gasteiger partial charge in [-0.1, -0.05) is 40.7 Å². The maximum Gasteiger partial charge on any atom is 0.316 e. The quantitative estimate of drug-likeness (QED) is 0.205. The lowest BCUT2D eigenvalue weighted by atomic mass is 9.76. The van der Waals surface area contributed by atoms with Crippen LogP contribution in [-0.4, -0.2) is 62.1 Å². The number of methoxy groups -OCH3 is 1. The summed E-state index contributed by atoms with van der Waals surface area (Å²) in [7, 11) is 1.54. The summed E-state index contributed by atoms with van der Waals surface area (Å²) < 4.78 is 5.09. The fourth-order valence-corrected chi connectivity index (χ4v) is 6.88. The Bertz CT molecular complexity index is 1710. The van der Waals surface area contributed by atoms with E-state index in [4.69, 9.17) is 19.7 Å². The largest absolute Gasteiger partial charge is 0.467 e. The van der Waals surface area contributed by atoms with E-state index in [2.05, 4.69) is 71.2 Å². The summed E-state index contributed by atoms with van der Waals surface area (Å²) in [6.45, 7) is 13.2. The molecular formula is C38H49N9O2. The van der Waals surface area contributed by atoms with Crippen molar-refractivity contribution in [2.24, 2.45) is 11.8 Å². The summed E-state index contributed by atoms with van der Waals surface area (Å²) in [5, 5.41) is 6.86. The normalized spacial score (nSPS) is 18.5. The molecule has 1 atom stereocenters. The third-order valence-corrected chi connectivity index (χ3v) is 9.69. The molecule has 2 aliphatic rings. The van der Waals surface area contributed by atoms with Crippen LogP contribution in [0.5, 0.6) is 6.01 Å². The van der Waals surface area contributed by atoms with Crippen LogP contribution < -0.4 is 20.3 Å². The minimum atomic E-state index is -0.327. The Morgan fingerprint density at radius 1 is 0.939 bits per heavy atom. The Kier molecular flexibility index (Phi) is 10.4. The number of amides is 1. The molecule has 258 valence electrons. The standard InChI is InChI=1S/C38H49N9O2/c1-24(2)17-41-35(48)33(32-12-9-26(19-40-32)29-20-43-37(49-6)44-21-29)25-7-10-30(11-8-25)45-36-42-22-31(38(3,4)5)34(46-36)47-16-14-27-18-39-15-13-28(27)23-47/h9,12-13,15,18-22,24-25,30,33H,7-8,10-11,14,16-17,23H2,1-6H3,(H,41,48)(H,42,45,46). The van der Waals surface area contributed by atoms with Crippen molar-refractivity contribution in [3.63, 3.8) is 0 Å². The van der Waals surface area contributed by atoms with Crippen molar-refractivity contribution in [1.29, 1.82) is 0 Å². The number of rotatable bonds is 10. The third kappa shape index (κ3) is 8.14. The van der Waals surface area contributed by atoms with Crippen molar-refractivity contribution in [2.75, 3.05) is 30.4 Å². The summed E-state index contributed by atoms with van der Waals surface area (Å²) in [5.74, 6) is 1.92. The van der Waals surface area contributed by atoms with Gasteiger partial charge in [0.05, 0.1) is 18.7 Å². The van der Waals surface area contributed by atoms with Gasteiger partial charge in [0.25, 0.3) is 0 Å². The first-order valence-corrected chi connectivity index (χ1v) is 17.5. The van der Waals surface area contributed by atoms with Crippen LogP contribution in [0.15, 0.2) is 55.4 Å². The molecular weight excluding hydrogens is 614 g/mol. The number of pyridine rings is 2. The predicted octanol–water partition coefficient (Wildman–Crippen LogP) is 6.12. The molecule has 0 spiro atoms. The number of nitrogens with one attached hydrogen (secondary N) is 2. The van der Waals surface area contributed by atoms with E-state index in [1.165, 1.54) is 11.1 Å². The van der Waals surface area contributed by atoms with Gasteiger partial charge in [0.15, 0.2) is 0 Å². The fraction of sp³-hybridized carbons (Fsp3) is 0.500. The van der Waals surface area contributed by atoms with Gasteiger partial charge in [-0.15, -0.1) is 0 Å². The monoisotopic (exact) mass is 663 g/mol. The molecule has 0 radical (unpaired) electrons. The van der Waals surface area contributed by atoms with E-state index < -0.39 is 0 Å². The second-order valence-electron chi connectivity index (χ2n) is 14.8. The maximum atomic E-state index is 13.7. The molecule has 1 fully saturated rings. The highest BCUT2D eigenvalue weighted by Crippen LogP contribution is 2.38. The number of aromatic nitrogens is 6. The molecule has 1 aliphatic carbocycles. The van der Waals surface area contributed by atoms with Gasteiger partial charge < -0.3 is 20.3 Å². The second kappa shape index (κ2) is 14.8. The minimum absolute atomic E-state index is 0.0442. The zero-order valence-electron chi connectivity index (χ0n) is 29.6. The zero-order valence-corrected chi connectivity index (χ0v) is 29.6. The molecule has 0 saturated heterocycles. The van der Waals surface area contributed by atoms with Crippen molar-refractivity contribution < 1.29 is 9.53 Å². The number of anilines is 2. The van der Waals surface area contributed by atoms with Crippen LogP contribution >= 0.6 is 0 Å². The van der Waals surface area contributed by atoms with E-state index in [1.807, 2.05) is 36.9 Å². The SMILES string of the molecule is COc1ncc(-c2ccc(C(C(=O)NCC(C)C)C3CCC(Nc4ncc(C(C)(C)C)c(N5CCc6cnccc6C5)n4)CC3)nc2)cn1. The first-order valence-electron chi connectivity index (χ1n) is 17.5. The molecule has 6 rings (SSSR count). The van der Waals surface area contributed by atoms with Gasteiger partial charge in [0, 0.05) is 79.5 Å². The average Bonchev–Trinajstić information content (AvgIpc) is 3.11. The first-order chi connectivity index (χ1) is 23.6. The van der Waals surface area contributed by atoms with Crippen molar-refractivity contribution >= 4 is 17.7 Å². The molecule has 49 heavy (non-hydrogen) atoms. The highest BCUT2D eigenvalue weighted by atomic mass is 16.5. The highest BCUT2D eigenvalue weighted by molar-refractivity contribution is 5.83. The number of fused-ring (bicyclic) bond motifs is 1. The number of ether oxygens (including phenoxy) is 1. The van der Waals surface area contributed by atoms with Crippen LogP contribution in [0.3, 0.4) is 0 Å². The van der Waals surface area contributed by atoms with Gasteiger partial charge in [0.1, 0.15) is 5.82 Å². The van der Waals surface area contributed by atoms with Crippen molar-refractivity contribution in [3.05, 3.63) is 77.8 Å². The molecule has 2 N–H and O–H groups in total. The summed E-state index contributed by atoms with van der Waals surface area (Å²) in [5.41, 5.74) is 6.20. The number of hydrogen-bond donors (Lipinski definition) is 2. The van der Waals surface area contributed by atoms with Gasteiger partial charge in [-0.25, -0.2) is 15.0 Å². The first kappa shape index (κ1) is 34.2. The van der Waals surface area contributed by atoms with Crippen LogP contribution in [0.1, 0.15) is 88.6 Å². The lowest BCUT2D eigenvalue weighted by Crippen LogP contribution is -2.38. The van der Waals surface area contributed by atoms with Gasteiger partial charge >= 0.3 is 6.01 Å². The fourth-order valence-electron chi connectivity index (χ4n) is 6.88. The highest BCUT2D eigenvalue weighted by Gasteiger charge is 2.35. The van der Waals surface area contributed by atoms with E-state index >= 15 is 0 Å². The van der Waals surface area contributed by atoms with Crippen molar-refractivity contribution in [1.82, 2.24) is 35.2 Å². The van der Waals surface area contributed by atoms with Gasteiger partial charge in [0.2, 0.25) is 11.9 Å². The lowest BCUT2D eigenvalue weighted by Gasteiger charge is -2.35. The number of nitrogens with zero attached hydrogens (tertiary/aromatic N) is 7. The Hall–Kier alpha value is -4.67. The minimum Gasteiger partial charge on any atom is -0.467 e. The summed E-state index contributed by atoms with van der Waals surface area (Å²) in [6.07, 6.45) is 15.7. The lowest BCUT2D eigenvalue weighted by molar-refractivity contribution is -0.124.